The summed E-state index contributed by atoms with van der Waals surface area (Å²) in [5, 5.41) is 0. The lowest BCUT2D eigenvalue weighted by Gasteiger charge is -2.18. The maximum atomic E-state index is 3.13. The highest BCUT2D eigenvalue weighted by atomic mass is 14.2. The van der Waals surface area contributed by atoms with Crippen LogP contribution in [0.3, 0.4) is 0 Å². The molecule has 0 fully saturated rings. The topological polar surface area (TPSA) is 0 Å². The van der Waals surface area contributed by atoms with E-state index in [9.17, 15) is 0 Å². The molecule has 0 unspecified atom stereocenters. The lowest BCUT2D eigenvalue weighted by atomic mass is 9.86. The predicted molar refractivity (Wildman–Crippen MR) is 110 cm³/mol. The highest BCUT2D eigenvalue weighted by Gasteiger charge is 2.15. The van der Waals surface area contributed by atoms with E-state index >= 15 is 0 Å². The Morgan fingerprint density at radius 2 is 0.692 bits per heavy atom. The minimum Gasteiger partial charge on any atom is -0.0622 e. The van der Waals surface area contributed by atoms with E-state index in [2.05, 4.69) is 109 Å². The normalized spacial score (nSPS) is 10.3. The van der Waals surface area contributed by atoms with E-state index in [-0.39, 0.29) is 0 Å². The summed E-state index contributed by atoms with van der Waals surface area (Å²) in [6, 6.07) is 43.2. The minimum absolute atomic E-state index is 1.19. The molecule has 0 aliphatic rings. The van der Waals surface area contributed by atoms with Gasteiger partial charge in [-0.3, -0.25) is 0 Å². The zero-order valence-electron chi connectivity index (χ0n) is 14.5. The highest BCUT2D eigenvalue weighted by molar-refractivity contribution is 6.04. The van der Waals surface area contributed by atoms with Crippen molar-refractivity contribution in [3.8, 4) is 0 Å². The van der Waals surface area contributed by atoms with Crippen molar-refractivity contribution in [1.29, 1.82) is 0 Å². The summed E-state index contributed by atoms with van der Waals surface area (Å²) >= 11 is 0. The molecule has 0 amide bonds. The number of benzene rings is 4. The second-order valence-electron chi connectivity index (χ2n) is 6.14. The third-order valence-electron chi connectivity index (χ3n) is 4.44. The minimum atomic E-state index is 1.19. The first-order valence-corrected chi connectivity index (χ1v) is 8.80. The summed E-state index contributed by atoms with van der Waals surface area (Å²) in [4.78, 5) is 0. The van der Waals surface area contributed by atoms with Gasteiger partial charge in [0.05, 0.1) is 0 Å². The van der Waals surface area contributed by atoms with Crippen LogP contribution in [0.25, 0.3) is 11.1 Å². The van der Waals surface area contributed by atoms with E-state index in [0.29, 0.717) is 0 Å². The van der Waals surface area contributed by atoms with Crippen LogP contribution in [0.15, 0.2) is 115 Å². The molecular weight excluding hydrogens is 312 g/mol. The van der Waals surface area contributed by atoms with E-state index in [1.807, 2.05) is 12.1 Å². The van der Waals surface area contributed by atoms with Gasteiger partial charge in [-0.05, 0) is 39.5 Å². The lowest BCUT2D eigenvalue weighted by Crippen LogP contribution is -1.97. The van der Waals surface area contributed by atoms with Crippen molar-refractivity contribution >= 4 is 11.1 Å². The molecule has 4 aromatic carbocycles. The van der Waals surface area contributed by atoms with Gasteiger partial charge >= 0.3 is 0 Å². The molecule has 0 aliphatic carbocycles. The number of hydrogen-bond acceptors (Lipinski definition) is 0. The van der Waals surface area contributed by atoms with E-state index in [1.165, 1.54) is 33.4 Å². The van der Waals surface area contributed by atoms with Crippen LogP contribution in [0.5, 0.6) is 0 Å². The molecule has 0 saturated heterocycles. The smallest absolute Gasteiger partial charge is 0.00268 e. The molecule has 4 aromatic rings. The summed E-state index contributed by atoms with van der Waals surface area (Å²) in [7, 11) is 0. The maximum Gasteiger partial charge on any atom is -0.00268 e. The molecule has 1 radical (unpaired) electrons. The van der Waals surface area contributed by atoms with Crippen molar-refractivity contribution in [2.75, 3.05) is 0 Å². The first kappa shape index (κ1) is 16.1. The largest absolute Gasteiger partial charge is 0.0622 e. The van der Waals surface area contributed by atoms with Crippen molar-refractivity contribution in [3.05, 3.63) is 144 Å². The molecule has 0 saturated carbocycles. The molecule has 4 rings (SSSR count). The van der Waals surface area contributed by atoms with Crippen molar-refractivity contribution in [1.82, 2.24) is 0 Å². The second kappa shape index (κ2) is 7.67. The third-order valence-corrected chi connectivity index (χ3v) is 4.44. The standard InChI is InChI=1S/C26H19/c1-5-13-21(14-6-1)25(22-15-7-2-8-16-22)26(23-17-9-3-10-18-23)24-19-11-4-12-20-24/h1-3,5-20H. The van der Waals surface area contributed by atoms with Crippen LogP contribution < -0.4 is 0 Å². The van der Waals surface area contributed by atoms with Gasteiger partial charge in [0.25, 0.3) is 0 Å². The van der Waals surface area contributed by atoms with E-state index < -0.39 is 0 Å². The Morgan fingerprint density at radius 3 is 1.04 bits per heavy atom. The van der Waals surface area contributed by atoms with Gasteiger partial charge in [0.2, 0.25) is 0 Å². The Labute approximate surface area is 155 Å². The monoisotopic (exact) mass is 331 g/mol. The number of hydrogen-bond donors (Lipinski definition) is 0. The van der Waals surface area contributed by atoms with Crippen LogP contribution in [-0.2, 0) is 0 Å². The molecule has 0 spiro atoms. The van der Waals surface area contributed by atoms with Crippen molar-refractivity contribution in [2.45, 2.75) is 0 Å². The van der Waals surface area contributed by atoms with Crippen molar-refractivity contribution in [3.63, 3.8) is 0 Å². The maximum absolute atomic E-state index is 3.13. The molecule has 0 heteroatoms. The zero-order chi connectivity index (χ0) is 17.6. The van der Waals surface area contributed by atoms with E-state index in [4.69, 9.17) is 0 Å². The first-order chi connectivity index (χ1) is 12.9. The molecule has 0 nitrogen and oxygen atoms in total. The average Bonchev–Trinajstić information content (AvgIpc) is 2.74. The predicted octanol–water partition coefficient (Wildman–Crippen LogP) is 6.49. The zero-order valence-corrected chi connectivity index (χ0v) is 14.5. The number of rotatable bonds is 4. The molecule has 0 bridgehead atoms. The fourth-order valence-electron chi connectivity index (χ4n) is 3.28. The fourth-order valence-corrected chi connectivity index (χ4v) is 3.28. The summed E-state index contributed by atoms with van der Waals surface area (Å²) in [6.07, 6.45) is 0. The van der Waals surface area contributed by atoms with Gasteiger partial charge in [0.15, 0.2) is 0 Å². The van der Waals surface area contributed by atoms with E-state index in [1.54, 1.807) is 0 Å². The lowest BCUT2D eigenvalue weighted by molar-refractivity contribution is 1.50. The van der Waals surface area contributed by atoms with Crippen molar-refractivity contribution in [2.24, 2.45) is 0 Å². The van der Waals surface area contributed by atoms with Crippen LogP contribution in [-0.4, -0.2) is 0 Å². The van der Waals surface area contributed by atoms with Gasteiger partial charge in [-0.25, -0.2) is 0 Å². The Hall–Kier alpha value is -3.38. The molecule has 0 aliphatic heterocycles. The first-order valence-electron chi connectivity index (χ1n) is 8.80. The molecule has 0 aromatic heterocycles. The summed E-state index contributed by atoms with van der Waals surface area (Å²) < 4.78 is 0. The van der Waals surface area contributed by atoms with Gasteiger partial charge in [-0.15, -0.1) is 0 Å². The van der Waals surface area contributed by atoms with Crippen LogP contribution in [0.2, 0.25) is 0 Å². The SMILES string of the molecule is [c]1ccc(C(=C(c2ccccc2)c2ccccc2)c2ccccc2)cc1. The average molecular weight is 331 g/mol. The van der Waals surface area contributed by atoms with Gasteiger partial charge < -0.3 is 0 Å². The Bertz CT molecular complexity index is 815. The molecule has 0 atom stereocenters. The quantitative estimate of drug-likeness (QED) is 0.375. The van der Waals surface area contributed by atoms with Crippen LogP contribution >= 0.6 is 0 Å². The Balaban J connectivity index is 2.09. The van der Waals surface area contributed by atoms with Gasteiger partial charge in [0, 0.05) is 0 Å². The van der Waals surface area contributed by atoms with Crippen LogP contribution in [0.4, 0.5) is 0 Å². The third kappa shape index (κ3) is 3.36. The molecular formula is C26H19. The Kier molecular flexibility index (Phi) is 4.75. The van der Waals surface area contributed by atoms with Gasteiger partial charge in [-0.2, -0.15) is 0 Å². The summed E-state index contributed by atoms with van der Waals surface area (Å²) in [5.41, 5.74) is 7.30. The van der Waals surface area contributed by atoms with Crippen molar-refractivity contribution < 1.29 is 0 Å². The Morgan fingerprint density at radius 1 is 0.385 bits per heavy atom. The fraction of sp³-hybridized carbons (Fsp3) is 0. The van der Waals surface area contributed by atoms with Gasteiger partial charge in [0.1, 0.15) is 0 Å². The molecule has 26 heavy (non-hydrogen) atoms. The van der Waals surface area contributed by atoms with Gasteiger partial charge in [-0.1, -0.05) is 115 Å². The summed E-state index contributed by atoms with van der Waals surface area (Å²) in [6.45, 7) is 0. The highest BCUT2D eigenvalue weighted by Crippen LogP contribution is 2.36. The summed E-state index contributed by atoms with van der Waals surface area (Å²) in [5.74, 6) is 0. The second-order valence-corrected chi connectivity index (χ2v) is 6.14. The molecule has 123 valence electrons. The molecule has 0 N–H and O–H groups in total. The van der Waals surface area contributed by atoms with Crippen LogP contribution in [0, 0.1) is 6.07 Å². The molecule has 0 heterocycles. The van der Waals surface area contributed by atoms with E-state index in [0.717, 1.165) is 0 Å². The van der Waals surface area contributed by atoms with Crippen LogP contribution in [0.1, 0.15) is 22.3 Å².